The lowest BCUT2D eigenvalue weighted by molar-refractivity contribution is -0.873. The molecule has 1 rings (SSSR count). The summed E-state index contributed by atoms with van der Waals surface area (Å²) in [6, 6.07) is 0. The van der Waals surface area contributed by atoms with Gasteiger partial charge in [0.15, 0.2) is 0 Å². The van der Waals surface area contributed by atoms with Gasteiger partial charge in [-0.2, -0.15) is 0 Å². The van der Waals surface area contributed by atoms with Gasteiger partial charge < -0.3 is 4.48 Å². The van der Waals surface area contributed by atoms with E-state index in [1.807, 2.05) is 0 Å². The van der Waals surface area contributed by atoms with Crippen molar-refractivity contribution in [3.8, 4) is 0 Å². The number of carbonyl (C=O) groups excluding carboxylic acids is 1. The van der Waals surface area contributed by atoms with E-state index in [9.17, 15) is 4.79 Å². The molecule has 11 heavy (non-hydrogen) atoms. The first-order chi connectivity index (χ1) is 4.97. The van der Waals surface area contributed by atoms with Crippen LogP contribution < -0.4 is 0 Å². The fraction of sp³-hybridized carbons (Fsp3) is 0.889. The lowest BCUT2D eigenvalue weighted by atomic mass is 10.1. The molecular weight excluding hydrogens is 138 g/mol. The quantitative estimate of drug-likeness (QED) is 0.546. The van der Waals surface area contributed by atoms with Crippen LogP contribution in [0.3, 0.4) is 0 Å². The molecule has 0 radical (unpaired) electrons. The molecule has 0 spiro atoms. The molecule has 0 heterocycles. The number of hydrogen-bond donors (Lipinski definition) is 0. The first-order valence-electron chi connectivity index (χ1n) is 4.29. The number of carbonyl (C=O) groups is 1. The van der Waals surface area contributed by atoms with E-state index < -0.39 is 0 Å². The molecule has 0 saturated heterocycles. The van der Waals surface area contributed by atoms with E-state index in [0.29, 0.717) is 11.7 Å². The monoisotopic (exact) mass is 156 g/mol. The SMILES string of the molecule is C[N+](C)(C)C[C@H]1CCC(=O)C1. The molecule has 1 saturated carbocycles. The van der Waals surface area contributed by atoms with Gasteiger partial charge in [0.2, 0.25) is 0 Å². The van der Waals surface area contributed by atoms with Crippen molar-refractivity contribution in [1.29, 1.82) is 0 Å². The van der Waals surface area contributed by atoms with E-state index >= 15 is 0 Å². The van der Waals surface area contributed by atoms with Gasteiger partial charge >= 0.3 is 0 Å². The summed E-state index contributed by atoms with van der Waals surface area (Å²) in [5, 5.41) is 0. The number of rotatable bonds is 2. The van der Waals surface area contributed by atoms with Crippen LogP contribution in [0.2, 0.25) is 0 Å². The highest BCUT2D eigenvalue weighted by molar-refractivity contribution is 5.80. The van der Waals surface area contributed by atoms with E-state index in [1.54, 1.807) is 0 Å². The highest BCUT2D eigenvalue weighted by Crippen LogP contribution is 2.23. The Balaban J connectivity index is 2.34. The van der Waals surface area contributed by atoms with Crippen LogP contribution in [0.5, 0.6) is 0 Å². The summed E-state index contributed by atoms with van der Waals surface area (Å²) in [5.74, 6) is 1.12. The highest BCUT2D eigenvalue weighted by atomic mass is 16.1. The third kappa shape index (κ3) is 3.02. The summed E-state index contributed by atoms with van der Waals surface area (Å²) in [7, 11) is 6.55. The minimum Gasteiger partial charge on any atom is -0.331 e. The molecule has 1 aliphatic carbocycles. The van der Waals surface area contributed by atoms with Crippen LogP contribution in [0.15, 0.2) is 0 Å². The number of hydrogen-bond acceptors (Lipinski definition) is 1. The molecule has 2 heteroatoms. The minimum absolute atomic E-state index is 0.462. The van der Waals surface area contributed by atoms with Crippen molar-refractivity contribution in [2.75, 3.05) is 27.7 Å². The average molecular weight is 156 g/mol. The second-order valence-electron chi connectivity index (χ2n) is 4.62. The van der Waals surface area contributed by atoms with Gasteiger partial charge in [0.05, 0.1) is 27.7 Å². The van der Waals surface area contributed by atoms with Gasteiger partial charge in [0.1, 0.15) is 5.78 Å². The van der Waals surface area contributed by atoms with Crippen LogP contribution in [0.1, 0.15) is 19.3 Å². The van der Waals surface area contributed by atoms with Crippen LogP contribution in [0.4, 0.5) is 0 Å². The lowest BCUT2D eigenvalue weighted by Gasteiger charge is -2.26. The Labute approximate surface area is 68.8 Å². The van der Waals surface area contributed by atoms with Crippen LogP contribution in [0.25, 0.3) is 0 Å². The topological polar surface area (TPSA) is 17.1 Å². The maximum Gasteiger partial charge on any atom is 0.133 e. The van der Waals surface area contributed by atoms with Crippen molar-refractivity contribution in [1.82, 2.24) is 0 Å². The predicted molar refractivity (Wildman–Crippen MR) is 45.2 cm³/mol. The first kappa shape index (κ1) is 8.72. The standard InChI is InChI=1S/C9H18NO/c1-10(2,3)7-8-4-5-9(11)6-8/h8H,4-7H2,1-3H3/q+1/t8-/m0/s1. The van der Waals surface area contributed by atoms with E-state index in [0.717, 1.165) is 30.3 Å². The normalized spacial score (nSPS) is 26.1. The van der Waals surface area contributed by atoms with Gasteiger partial charge in [-0.15, -0.1) is 0 Å². The molecule has 0 N–H and O–H groups in total. The largest absolute Gasteiger partial charge is 0.331 e. The zero-order valence-electron chi connectivity index (χ0n) is 7.76. The van der Waals surface area contributed by atoms with Crippen molar-refractivity contribution in [3.05, 3.63) is 0 Å². The summed E-state index contributed by atoms with van der Waals surface area (Å²) in [6.45, 7) is 1.14. The van der Waals surface area contributed by atoms with Crippen molar-refractivity contribution in [2.45, 2.75) is 19.3 Å². The fourth-order valence-corrected chi connectivity index (χ4v) is 1.82. The van der Waals surface area contributed by atoms with Crippen LogP contribution in [-0.4, -0.2) is 38.0 Å². The Morgan fingerprint density at radius 3 is 2.45 bits per heavy atom. The van der Waals surface area contributed by atoms with Crippen LogP contribution >= 0.6 is 0 Å². The van der Waals surface area contributed by atoms with Crippen molar-refractivity contribution >= 4 is 5.78 Å². The van der Waals surface area contributed by atoms with Crippen LogP contribution in [-0.2, 0) is 4.79 Å². The molecule has 0 aromatic carbocycles. The first-order valence-corrected chi connectivity index (χ1v) is 4.29. The van der Waals surface area contributed by atoms with Gasteiger partial charge in [-0.3, -0.25) is 4.79 Å². The van der Waals surface area contributed by atoms with E-state index in [-0.39, 0.29) is 0 Å². The van der Waals surface area contributed by atoms with Crippen molar-refractivity contribution in [2.24, 2.45) is 5.92 Å². The predicted octanol–water partition coefficient (Wildman–Crippen LogP) is 1.06. The second kappa shape index (κ2) is 2.94. The maximum atomic E-state index is 10.9. The number of ketones is 1. The van der Waals surface area contributed by atoms with Gasteiger partial charge in [-0.05, 0) is 6.42 Å². The molecule has 1 atom stereocenters. The summed E-state index contributed by atoms with van der Waals surface area (Å²) in [5.41, 5.74) is 0. The number of quaternary nitrogens is 1. The summed E-state index contributed by atoms with van der Waals surface area (Å²) in [4.78, 5) is 10.9. The average Bonchev–Trinajstić information content (AvgIpc) is 2.10. The molecule has 0 aromatic heterocycles. The Kier molecular flexibility index (Phi) is 2.33. The van der Waals surface area contributed by atoms with Gasteiger partial charge in [0.25, 0.3) is 0 Å². The minimum atomic E-state index is 0.462. The molecule has 1 fully saturated rings. The molecule has 0 bridgehead atoms. The molecule has 64 valence electrons. The van der Waals surface area contributed by atoms with Crippen molar-refractivity contribution in [3.63, 3.8) is 0 Å². The van der Waals surface area contributed by atoms with Gasteiger partial charge in [-0.1, -0.05) is 0 Å². The zero-order chi connectivity index (χ0) is 8.48. The Morgan fingerprint density at radius 1 is 1.45 bits per heavy atom. The molecule has 1 aliphatic rings. The molecule has 0 aromatic rings. The number of nitrogens with zero attached hydrogens (tertiary/aromatic N) is 1. The summed E-state index contributed by atoms with van der Waals surface area (Å²) < 4.78 is 0.984. The summed E-state index contributed by atoms with van der Waals surface area (Å²) >= 11 is 0. The van der Waals surface area contributed by atoms with Crippen molar-refractivity contribution < 1.29 is 9.28 Å². The van der Waals surface area contributed by atoms with E-state index in [2.05, 4.69) is 21.1 Å². The molecule has 0 unspecified atom stereocenters. The Morgan fingerprint density at radius 2 is 2.09 bits per heavy atom. The highest BCUT2D eigenvalue weighted by Gasteiger charge is 2.26. The molecule has 0 amide bonds. The zero-order valence-corrected chi connectivity index (χ0v) is 7.76. The molecule has 0 aliphatic heterocycles. The lowest BCUT2D eigenvalue weighted by Crippen LogP contribution is -2.38. The third-order valence-electron chi connectivity index (χ3n) is 2.15. The van der Waals surface area contributed by atoms with E-state index in [1.165, 1.54) is 0 Å². The smallest absolute Gasteiger partial charge is 0.133 e. The maximum absolute atomic E-state index is 10.9. The Hall–Kier alpha value is -0.370. The second-order valence-corrected chi connectivity index (χ2v) is 4.62. The molecule has 2 nitrogen and oxygen atoms in total. The van der Waals surface area contributed by atoms with E-state index in [4.69, 9.17) is 0 Å². The fourth-order valence-electron chi connectivity index (χ4n) is 1.82. The molecular formula is C9H18NO+. The van der Waals surface area contributed by atoms with Gasteiger partial charge in [-0.25, -0.2) is 0 Å². The third-order valence-corrected chi connectivity index (χ3v) is 2.15. The number of Topliss-reactive ketones (excluding diaryl/α,β-unsaturated/α-hetero) is 1. The Bertz CT molecular complexity index is 157. The van der Waals surface area contributed by atoms with Crippen LogP contribution in [0, 0.1) is 5.92 Å². The van der Waals surface area contributed by atoms with Gasteiger partial charge in [0, 0.05) is 18.8 Å². The summed E-state index contributed by atoms with van der Waals surface area (Å²) in [6.07, 6.45) is 2.77.